The first-order valence-electron chi connectivity index (χ1n) is 4.34. The fourth-order valence-corrected chi connectivity index (χ4v) is 1.43. The van der Waals surface area contributed by atoms with Gasteiger partial charge in [-0.15, -0.1) is 0 Å². The summed E-state index contributed by atoms with van der Waals surface area (Å²) in [7, 11) is 0. The molecule has 0 aliphatic carbocycles. The molecular formula is C9H18N2O. The minimum Gasteiger partial charge on any atom is -0.337 e. The van der Waals surface area contributed by atoms with Crippen molar-refractivity contribution < 1.29 is 4.79 Å². The largest absolute Gasteiger partial charge is 0.337 e. The number of carbonyl (C=O) groups is 1. The van der Waals surface area contributed by atoms with Gasteiger partial charge in [-0.05, 0) is 27.7 Å². The molecule has 0 atom stereocenters. The normalized spacial score (nSPS) is 26.8. The maximum Gasteiger partial charge on any atom is 0.210 e. The fraction of sp³-hybridized carbons (Fsp3) is 0.889. The van der Waals surface area contributed by atoms with Gasteiger partial charge in [0.2, 0.25) is 6.41 Å². The lowest BCUT2D eigenvalue weighted by Crippen LogP contribution is -2.65. The lowest BCUT2D eigenvalue weighted by molar-refractivity contribution is -0.126. The highest BCUT2D eigenvalue weighted by Gasteiger charge is 2.36. The molecule has 1 saturated heterocycles. The Balaban J connectivity index is 2.73. The first kappa shape index (κ1) is 9.52. The van der Waals surface area contributed by atoms with Crippen LogP contribution in [0.2, 0.25) is 0 Å². The molecule has 1 aliphatic heterocycles. The number of carbonyl (C=O) groups excluding carboxylic acids is 1. The van der Waals surface area contributed by atoms with Crippen molar-refractivity contribution in [2.75, 3.05) is 13.1 Å². The third-order valence-corrected chi connectivity index (χ3v) is 2.47. The quantitative estimate of drug-likeness (QED) is 0.585. The number of rotatable bonds is 1. The number of piperazine rings is 1. The van der Waals surface area contributed by atoms with Gasteiger partial charge in [0.05, 0.1) is 0 Å². The summed E-state index contributed by atoms with van der Waals surface area (Å²) in [5.41, 5.74) is 0.00764. The predicted molar refractivity (Wildman–Crippen MR) is 48.9 cm³/mol. The van der Waals surface area contributed by atoms with E-state index in [-0.39, 0.29) is 11.1 Å². The minimum atomic E-state index is -0.0444. The second-order valence-electron chi connectivity index (χ2n) is 4.78. The summed E-state index contributed by atoms with van der Waals surface area (Å²) in [6, 6.07) is 0. The molecule has 3 heteroatoms. The summed E-state index contributed by atoms with van der Waals surface area (Å²) >= 11 is 0. The lowest BCUT2D eigenvalue weighted by atomic mass is 9.92. The molecule has 1 rings (SSSR count). The van der Waals surface area contributed by atoms with Crippen molar-refractivity contribution >= 4 is 6.41 Å². The fourth-order valence-electron chi connectivity index (χ4n) is 1.43. The Kier molecular flexibility index (Phi) is 2.17. The van der Waals surface area contributed by atoms with Crippen LogP contribution in [0, 0.1) is 0 Å². The Bertz CT molecular complexity index is 187. The van der Waals surface area contributed by atoms with Gasteiger partial charge in [0.15, 0.2) is 0 Å². The third kappa shape index (κ3) is 1.78. The maximum atomic E-state index is 10.8. The van der Waals surface area contributed by atoms with Gasteiger partial charge in [-0.1, -0.05) is 0 Å². The van der Waals surface area contributed by atoms with Crippen LogP contribution >= 0.6 is 0 Å². The van der Waals surface area contributed by atoms with Crippen molar-refractivity contribution in [1.82, 2.24) is 10.2 Å². The zero-order valence-electron chi connectivity index (χ0n) is 8.35. The SMILES string of the molecule is CC1(C)CN(C=O)C(C)(C)CN1. The van der Waals surface area contributed by atoms with E-state index in [1.54, 1.807) is 0 Å². The van der Waals surface area contributed by atoms with Gasteiger partial charge in [0.25, 0.3) is 0 Å². The van der Waals surface area contributed by atoms with E-state index in [0.29, 0.717) is 0 Å². The summed E-state index contributed by atoms with van der Waals surface area (Å²) in [5.74, 6) is 0. The van der Waals surface area contributed by atoms with Crippen LogP contribution in [0.4, 0.5) is 0 Å². The van der Waals surface area contributed by atoms with E-state index >= 15 is 0 Å². The van der Waals surface area contributed by atoms with E-state index in [0.717, 1.165) is 19.5 Å². The van der Waals surface area contributed by atoms with Crippen LogP contribution in [-0.4, -0.2) is 35.5 Å². The molecule has 1 heterocycles. The minimum absolute atomic E-state index is 0.0444. The predicted octanol–water partition coefficient (Wildman–Crippen LogP) is 0.605. The summed E-state index contributed by atoms with van der Waals surface area (Å²) in [6.45, 7) is 10.0. The highest BCUT2D eigenvalue weighted by atomic mass is 16.1. The van der Waals surface area contributed by atoms with E-state index in [9.17, 15) is 4.79 Å². The Morgan fingerprint density at radius 2 is 1.92 bits per heavy atom. The molecule has 0 unspecified atom stereocenters. The highest BCUT2D eigenvalue weighted by Crippen LogP contribution is 2.21. The standard InChI is InChI=1S/C9H18N2O/c1-8(2)6-11(7-12)9(3,4)5-10-8/h7,10H,5-6H2,1-4H3. The lowest BCUT2D eigenvalue weighted by Gasteiger charge is -2.47. The Labute approximate surface area is 74.1 Å². The second-order valence-corrected chi connectivity index (χ2v) is 4.78. The molecule has 1 fully saturated rings. The molecule has 3 nitrogen and oxygen atoms in total. The van der Waals surface area contributed by atoms with Gasteiger partial charge in [-0.25, -0.2) is 0 Å². The molecule has 0 spiro atoms. The van der Waals surface area contributed by atoms with E-state index < -0.39 is 0 Å². The number of nitrogens with one attached hydrogen (secondary N) is 1. The molecule has 12 heavy (non-hydrogen) atoms. The van der Waals surface area contributed by atoms with Gasteiger partial charge in [-0.3, -0.25) is 4.79 Å². The first-order chi connectivity index (χ1) is 5.37. The molecule has 0 saturated carbocycles. The molecule has 0 bridgehead atoms. The van der Waals surface area contributed by atoms with Gasteiger partial charge < -0.3 is 10.2 Å². The zero-order chi connectivity index (χ0) is 9.41. The molecule has 1 amide bonds. The van der Waals surface area contributed by atoms with Crippen LogP contribution < -0.4 is 5.32 Å². The van der Waals surface area contributed by atoms with Crippen molar-refractivity contribution in [2.24, 2.45) is 0 Å². The van der Waals surface area contributed by atoms with Crippen molar-refractivity contribution in [3.05, 3.63) is 0 Å². The number of hydrogen-bond donors (Lipinski definition) is 1. The van der Waals surface area contributed by atoms with E-state index in [4.69, 9.17) is 0 Å². The van der Waals surface area contributed by atoms with Crippen molar-refractivity contribution in [1.29, 1.82) is 0 Å². The van der Waals surface area contributed by atoms with Crippen LogP contribution in [0.5, 0.6) is 0 Å². The molecular weight excluding hydrogens is 152 g/mol. The molecule has 0 aromatic heterocycles. The average molecular weight is 170 g/mol. The topological polar surface area (TPSA) is 32.3 Å². The molecule has 0 aromatic carbocycles. The Morgan fingerprint density at radius 1 is 1.33 bits per heavy atom. The second kappa shape index (κ2) is 2.73. The zero-order valence-corrected chi connectivity index (χ0v) is 8.35. The van der Waals surface area contributed by atoms with Crippen LogP contribution in [0.15, 0.2) is 0 Å². The molecule has 1 aliphatic rings. The monoisotopic (exact) mass is 170 g/mol. The van der Waals surface area contributed by atoms with Crippen molar-refractivity contribution in [3.8, 4) is 0 Å². The third-order valence-electron chi connectivity index (χ3n) is 2.47. The molecule has 0 aromatic rings. The van der Waals surface area contributed by atoms with Gasteiger partial charge >= 0.3 is 0 Å². The highest BCUT2D eigenvalue weighted by molar-refractivity contribution is 5.49. The van der Waals surface area contributed by atoms with E-state index in [1.165, 1.54) is 0 Å². The van der Waals surface area contributed by atoms with Crippen LogP contribution in [0.25, 0.3) is 0 Å². The maximum absolute atomic E-state index is 10.8. The summed E-state index contributed by atoms with van der Waals surface area (Å²) in [5, 5.41) is 3.41. The van der Waals surface area contributed by atoms with Crippen molar-refractivity contribution in [2.45, 2.75) is 38.8 Å². The average Bonchev–Trinajstić information content (AvgIpc) is 1.95. The smallest absolute Gasteiger partial charge is 0.210 e. The number of hydrogen-bond acceptors (Lipinski definition) is 2. The first-order valence-corrected chi connectivity index (χ1v) is 4.34. The summed E-state index contributed by atoms with van der Waals surface area (Å²) in [4.78, 5) is 12.6. The van der Waals surface area contributed by atoms with Crippen molar-refractivity contribution in [3.63, 3.8) is 0 Å². The molecule has 1 N–H and O–H groups in total. The van der Waals surface area contributed by atoms with Gasteiger partial charge in [-0.2, -0.15) is 0 Å². The van der Waals surface area contributed by atoms with Crippen LogP contribution in [0.3, 0.4) is 0 Å². The van der Waals surface area contributed by atoms with Crippen LogP contribution in [0.1, 0.15) is 27.7 Å². The summed E-state index contributed by atoms with van der Waals surface area (Å²) < 4.78 is 0. The molecule has 0 radical (unpaired) electrons. The number of nitrogens with zero attached hydrogens (tertiary/aromatic N) is 1. The van der Waals surface area contributed by atoms with Gasteiger partial charge in [0.1, 0.15) is 0 Å². The Morgan fingerprint density at radius 3 is 2.33 bits per heavy atom. The Hall–Kier alpha value is -0.570. The van der Waals surface area contributed by atoms with E-state index in [2.05, 4.69) is 33.0 Å². The van der Waals surface area contributed by atoms with Crippen LogP contribution in [-0.2, 0) is 4.79 Å². The molecule has 70 valence electrons. The summed E-state index contributed by atoms with van der Waals surface area (Å²) in [6.07, 6.45) is 0.947. The number of amides is 1. The van der Waals surface area contributed by atoms with E-state index in [1.807, 2.05) is 4.90 Å². The van der Waals surface area contributed by atoms with Gasteiger partial charge in [0, 0.05) is 24.2 Å².